The number of hydrogen-bond donors (Lipinski definition) is 2. The van der Waals surface area contributed by atoms with Crippen molar-refractivity contribution in [2.24, 2.45) is 5.92 Å². The van der Waals surface area contributed by atoms with Gasteiger partial charge in [0.15, 0.2) is 0 Å². The summed E-state index contributed by atoms with van der Waals surface area (Å²) in [5.74, 6) is 0.930. The molecule has 2 aliphatic rings. The quantitative estimate of drug-likeness (QED) is 0.697. The van der Waals surface area contributed by atoms with E-state index >= 15 is 0 Å². The van der Waals surface area contributed by atoms with Gasteiger partial charge in [0, 0.05) is 46.5 Å². The number of nitrogens with one attached hydrogen (secondary N) is 2. The molecule has 4 rings (SSSR count). The lowest BCUT2D eigenvalue weighted by Crippen LogP contribution is -2.40. The van der Waals surface area contributed by atoms with E-state index in [4.69, 9.17) is 9.47 Å². The largest absolute Gasteiger partial charge is 0.464 e. The van der Waals surface area contributed by atoms with E-state index in [2.05, 4.69) is 29.3 Å². The third kappa shape index (κ3) is 4.91. The number of hydrogen-bond acceptors (Lipinski definition) is 5. The second-order valence-electron chi connectivity index (χ2n) is 10.1. The molecule has 1 atom stereocenters. The molecule has 1 aliphatic heterocycles. The van der Waals surface area contributed by atoms with Crippen LogP contribution in [0.2, 0.25) is 0 Å². The first-order valence-corrected chi connectivity index (χ1v) is 12.2. The Morgan fingerprint density at radius 1 is 1.09 bits per heavy atom. The summed E-state index contributed by atoms with van der Waals surface area (Å²) in [6.07, 6.45) is 4.16. The number of fused-ring (bicyclic) bond motifs is 1. The first-order valence-electron chi connectivity index (χ1n) is 12.2. The Morgan fingerprint density at radius 2 is 1.79 bits per heavy atom. The van der Waals surface area contributed by atoms with Gasteiger partial charge in [-0.3, -0.25) is 9.59 Å². The number of H-pyrrole nitrogens is 1. The highest BCUT2D eigenvalue weighted by molar-refractivity contribution is 5.96. The minimum Gasteiger partial charge on any atom is -0.464 e. The number of nitrogens with zero attached hydrogens (tertiary/aromatic N) is 1. The van der Waals surface area contributed by atoms with Crippen molar-refractivity contribution in [1.82, 2.24) is 15.2 Å². The van der Waals surface area contributed by atoms with Crippen LogP contribution >= 0.6 is 0 Å². The summed E-state index contributed by atoms with van der Waals surface area (Å²) in [5.41, 5.74) is 5.48. The third-order valence-electron chi connectivity index (χ3n) is 7.50. The summed E-state index contributed by atoms with van der Waals surface area (Å²) >= 11 is 0. The molecule has 7 nitrogen and oxygen atoms in total. The Morgan fingerprint density at radius 3 is 2.44 bits per heavy atom. The Hall–Kier alpha value is -2.64. The lowest BCUT2D eigenvalue weighted by Gasteiger charge is -2.38. The maximum Gasteiger partial charge on any atom is 0.253 e. The molecule has 1 aliphatic carbocycles. The molecule has 34 heavy (non-hydrogen) atoms. The number of aryl methyl sites for hydroxylation is 3. The van der Waals surface area contributed by atoms with Gasteiger partial charge in [-0.15, -0.1) is 0 Å². The van der Waals surface area contributed by atoms with E-state index in [1.54, 1.807) is 0 Å². The molecule has 0 radical (unpaired) electrons. The predicted molar refractivity (Wildman–Crippen MR) is 132 cm³/mol. The van der Waals surface area contributed by atoms with E-state index in [0.29, 0.717) is 29.7 Å². The molecule has 7 heteroatoms. The van der Waals surface area contributed by atoms with Gasteiger partial charge in [-0.2, -0.15) is 0 Å². The molecule has 2 heterocycles. The SMILES string of the molecule is Cc1cc(C)c(CNC(=O)c2cc(C)c3c(c2C)OC(C2CCC(N(C)C)CC2)OC3)c(=O)[nH]1. The molecular weight excluding hydrogens is 430 g/mol. The molecule has 0 saturated heterocycles. The monoisotopic (exact) mass is 467 g/mol. The average molecular weight is 468 g/mol. The van der Waals surface area contributed by atoms with Gasteiger partial charge in [0.2, 0.25) is 6.29 Å². The highest BCUT2D eigenvalue weighted by Crippen LogP contribution is 2.39. The fourth-order valence-electron chi connectivity index (χ4n) is 5.32. The second kappa shape index (κ2) is 9.92. The minimum atomic E-state index is -0.277. The number of pyridine rings is 1. The van der Waals surface area contributed by atoms with E-state index in [1.165, 1.54) is 0 Å². The highest BCUT2D eigenvalue weighted by atomic mass is 16.7. The Balaban J connectivity index is 1.50. The first kappa shape index (κ1) is 24.5. The average Bonchev–Trinajstić information content (AvgIpc) is 2.80. The van der Waals surface area contributed by atoms with Crippen molar-refractivity contribution in [1.29, 1.82) is 0 Å². The Bertz CT molecular complexity index is 1130. The fraction of sp³-hybridized carbons (Fsp3) is 0.556. The van der Waals surface area contributed by atoms with Gasteiger partial charge in [0.25, 0.3) is 11.5 Å². The number of rotatable bonds is 5. The van der Waals surface area contributed by atoms with E-state index < -0.39 is 0 Å². The standard InChI is InChI=1S/C27H37N3O4/c1-15-11-17(3)29-26(32)22(15)13-28-25(31)21-12-16(2)23-14-33-27(34-24(23)18(21)4)19-7-9-20(10-8-19)30(5)6/h11-12,19-20,27H,7-10,13-14H2,1-6H3,(H,28,31)(H,29,32). The molecule has 1 saturated carbocycles. The van der Waals surface area contributed by atoms with Gasteiger partial charge in [-0.1, -0.05) is 0 Å². The van der Waals surface area contributed by atoms with Gasteiger partial charge >= 0.3 is 0 Å². The smallest absolute Gasteiger partial charge is 0.253 e. The number of amides is 1. The van der Waals surface area contributed by atoms with Crippen LogP contribution in [0.5, 0.6) is 5.75 Å². The highest BCUT2D eigenvalue weighted by Gasteiger charge is 2.34. The van der Waals surface area contributed by atoms with Crippen LogP contribution in [-0.4, -0.2) is 42.2 Å². The van der Waals surface area contributed by atoms with Crippen LogP contribution in [0.1, 0.15) is 69.6 Å². The van der Waals surface area contributed by atoms with Gasteiger partial charge in [-0.05, 0) is 90.7 Å². The molecule has 0 spiro atoms. The molecule has 1 aromatic carbocycles. The summed E-state index contributed by atoms with van der Waals surface area (Å²) in [6, 6.07) is 4.43. The first-order chi connectivity index (χ1) is 16.2. The van der Waals surface area contributed by atoms with Crippen molar-refractivity contribution >= 4 is 5.91 Å². The van der Waals surface area contributed by atoms with Crippen LogP contribution in [0.15, 0.2) is 16.9 Å². The van der Waals surface area contributed by atoms with Crippen molar-refractivity contribution in [2.45, 2.75) is 78.9 Å². The van der Waals surface area contributed by atoms with Gasteiger partial charge < -0.3 is 24.7 Å². The van der Waals surface area contributed by atoms with Crippen LogP contribution in [-0.2, 0) is 17.9 Å². The fourth-order valence-corrected chi connectivity index (χ4v) is 5.32. The lowest BCUT2D eigenvalue weighted by atomic mass is 9.84. The number of benzene rings is 1. The molecule has 184 valence electrons. The summed E-state index contributed by atoms with van der Waals surface area (Å²) < 4.78 is 12.6. The Labute approximate surface area is 201 Å². The van der Waals surface area contributed by atoms with Crippen molar-refractivity contribution in [2.75, 3.05) is 14.1 Å². The topological polar surface area (TPSA) is 83.7 Å². The van der Waals surface area contributed by atoms with E-state index in [0.717, 1.165) is 59.4 Å². The maximum absolute atomic E-state index is 13.1. The van der Waals surface area contributed by atoms with Crippen LogP contribution in [0, 0.1) is 33.6 Å². The van der Waals surface area contributed by atoms with Crippen molar-refractivity contribution in [3.05, 3.63) is 61.6 Å². The van der Waals surface area contributed by atoms with Crippen molar-refractivity contribution < 1.29 is 14.3 Å². The van der Waals surface area contributed by atoms with Crippen LogP contribution in [0.25, 0.3) is 0 Å². The molecule has 0 bridgehead atoms. The summed E-state index contributed by atoms with van der Waals surface area (Å²) in [4.78, 5) is 30.6. The lowest BCUT2D eigenvalue weighted by molar-refractivity contribution is -0.149. The zero-order valence-corrected chi connectivity index (χ0v) is 21.2. The summed E-state index contributed by atoms with van der Waals surface area (Å²) in [5, 5.41) is 2.93. The van der Waals surface area contributed by atoms with E-state index in [1.807, 2.05) is 39.8 Å². The molecule has 1 unspecified atom stereocenters. The normalized spacial score (nSPS) is 22.3. The number of aromatic nitrogens is 1. The van der Waals surface area contributed by atoms with Gasteiger partial charge in [0.1, 0.15) is 5.75 Å². The van der Waals surface area contributed by atoms with Crippen LogP contribution < -0.4 is 15.6 Å². The molecule has 1 amide bonds. The Kier molecular flexibility index (Phi) is 7.14. The zero-order chi connectivity index (χ0) is 24.6. The van der Waals surface area contributed by atoms with Crippen molar-refractivity contribution in [3.63, 3.8) is 0 Å². The maximum atomic E-state index is 13.1. The van der Waals surface area contributed by atoms with Crippen LogP contribution in [0.3, 0.4) is 0 Å². The van der Waals surface area contributed by atoms with Gasteiger partial charge in [-0.25, -0.2) is 0 Å². The van der Waals surface area contributed by atoms with E-state index in [-0.39, 0.29) is 24.3 Å². The molecule has 1 fully saturated rings. The van der Waals surface area contributed by atoms with E-state index in [9.17, 15) is 9.59 Å². The minimum absolute atomic E-state index is 0.163. The van der Waals surface area contributed by atoms with Gasteiger partial charge in [0.05, 0.1) is 6.61 Å². The summed E-state index contributed by atoms with van der Waals surface area (Å²) in [6.45, 7) is 8.33. The summed E-state index contributed by atoms with van der Waals surface area (Å²) in [7, 11) is 4.29. The molecule has 2 N–H and O–H groups in total. The zero-order valence-electron chi connectivity index (χ0n) is 21.2. The molecule has 1 aromatic heterocycles. The van der Waals surface area contributed by atoms with Crippen molar-refractivity contribution in [3.8, 4) is 5.75 Å². The number of carbonyl (C=O) groups is 1. The number of aromatic amines is 1. The predicted octanol–water partition coefficient (Wildman–Crippen LogP) is 3.89. The second-order valence-corrected chi connectivity index (χ2v) is 10.1. The number of ether oxygens (including phenoxy) is 2. The molecule has 2 aromatic rings. The van der Waals surface area contributed by atoms with Crippen LogP contribution in [0.4, 0.5) is 0 Å². The number of carbonyl (C=O) groups excluding carboxylic acids is 1. The molecular formula is C27H37N3O4. The third-order valence-corrected chi connectivity index (χ3v) is 7.50.